The molecule has 8 heteroatoms. The van der Waals surface area contributed by atoms with Crippen molar-refractivity contribution in [1.82, 2.24) is 10.3 Å². The second-order valence-electron chi connectivity index (χ2n) is 4.63. The van der Waals surface area contributed by atoms with Crippen molar-refractivity contribution >= 4 is 5.82 Å². The van der Waals surface area contributed by atoms with Crippen LogP contribution in [0.25, 0.3) is 0 Å². The number of hydrogen-bond acceptors (Lipinski definition) is 3. The zero-order chi connectivity index (χ0) is 13.8. The fourth-order valence-corrected chi connectivity index (χ4v) is 2.55. The van der Waals surface area contributed by atoms with Gasteiger partial charge in [0.25, 0.3) is 5.92 Å². The molecule has 1 N–H and O–H groups in total. The Balaban J connectivity index is 2.11. The topological polar surface area (TPSA) is 28.2 Å². The molecule has 0 radical (unpaired) electrons. The quantitative estimate of drug-likeness (QED) is 0.736. The van der Waals surface area contributed by atoms with E-state index >= 15 is 0 Å². The molecule has 0 spiro atoms. The van der Waals surface area contributed by atoms with E-state index in [9.17, 15) is 22.0 Å². The SMILES string of the molecule is FC(F)(F)c1cnc2c(c1)C(F)(F)[C@H]1CNCCN21. The van der Waals surface area contributed by atoms with Gasteiger partial charge >= 0.3 is 6.18 Å². The lowest BCUT2D eigenvalue weighted by Crippen LogP contribution is -2.54. The monoisotopic (exact) mass is 279 g/mol. The second kappa shape index (κ2) is 3.78. The van der Waals surface area contributed by atoms with Crippen molar-refractivity contribution in [3.63, 3.8) is 0 Å². The van der Waals surface area contributed by atoms with Gasteiger partial charge in [-0.3, -0.25) is 0 Å². The van der Waals surface area contributed by atoms with E-state index in [4.69, 9.17) is 0 Å². The van der Waals surface area contributed by atoms with Crippen molar-refractivity contribution in [2.24, 2.45) is 0 Å². The molecule has 2 aliphatic heterocycles. The predicted octanol–water partition coefficient (Wildman–Crippen LogP) is 1.98. The molecular formula is C11H10F5N3. The normalized spacial score (nSPS) is 25.1. The van der Waals surface area contributed by atoms with Gasteiger partial charge in [0, 0.05) is 25.8 Å². The lowest BCUT2D eigenvalue weighted by atomic mass is 10.0. The highest BCUT2D eigenvalue weighted by molar-refractivity contribution is 5.59. The molecule has 0 unspecified atom stereocenters. The molecule has 2 aliphatic rings. The summed E-state index contributed by atoms with van der Waals surface area (Å²) in [7, 11) is 0. The Morgan fingerprint density at radius 1 is 1.37 bits per heavy atom. The van der Waals surface area contributed by atoms with E-state index in [1.54, 1.807) is 0 Å². The summed E-state index contributed by atoms with van der Waals surface area (Å²) < 4.78 is 66.0. The first-order valence-electron chi connectivity index (χ1n) is 5.74. The Kier molecular flexibility index (Phi) is 2.51. The molecule has 3 heterocycles. The summed E-state index contributed by atoms with van der Waals surface area (Å²) in [6.07, 6.45) is -4.06. The molecule has 3 rings (SSSR count). The fraction of sp³-hybridized carbons (Fsp3) is 0.545. The number of aromatic nitrogens is 1. The molecule has 3 nitrogen and oxygen atoms in total. The first-order valence-corrected chi connectivity index (χ1v) is 5.74. The molecule has 19 heavy (non-hydrogen) atoms. The number of pyridine rings is 1. The van der Waals surface area contributed by atoms with Gasteiger partial charge in [-0.25, -0.2) is 4.98 Å². The number of nitrogens with one attached hydrogen (secondary N) is 1. The average Bonchev–Trinajstić information content (AvgIpc) is 2.58. The Hall–Kier alpha value is -1.44. The standard InChI is InChI=1S/C11H10F5N3/c12-10(13)7-3-6(11(14,15)16)4-18-9(7)19-2-1-17-5-8(10)19/h3-4,8,17H,1-2,5H2/t8-/m1/s1. The summed E-state index contributed by atoms with van der Waals surface area (Å²) in [5, 5.41) is 2.82. The van der Waals surface area contributed by atoms with E-state index in [1.165, 1.54) is 4.90 Å². The van der Waals surface area contributed by atoms with Crippen LogP contribution in [0.3, 0.4) is 0 Å². The molecule has 0 amide bonds. The highest BCUT2D eigenvalue weighted by Gasteiger charge is 2.55. The third-order valence-electron chi connectivity index (χ3n) is 3.49. The number of rotatable bonds is 0. The number of anilines is 1. The summed E-state index contributed by atoms with van der Waals surface area (Å²) in [5.41, 5.74) is -1.77. The van der Waals surface area contributed by atoms with E-state index in [0.717, 1.165) is 0 Å². The third kappa shape index (κ3) is 1.77. The summed E-state index contributed by atoms with van der Waals surface area (Å²) in [4.78, 5) is 4.98. The van der Waals surface area contributed by atoms with Gasteiger partial charge in [0.2, 0.25) is 0 Å². The second-order valence-corrected chi connectivity index (χ2v) is 4.63. The van der Waals surface area contributed by atoms with Crippen LogP contribution in [0, 0.1) is 0 Å². The van der Waals surface area contributed by atoms with Crippen LogP contribution in [-0.4, -0.2) is 30.7 Å². The zero-order valence-corrected chi connectivity index (χ0v) is 9.64. The average molecular weight is 279 g/mol. The molecule has 0 aliphatic carbocycles. The molecule has 104 valence electrons. The van der Waals surface area contributed by atoms with Crippen LogP contribution in [0.2, 0.25) is 0 Å². The molecule has 1 aromatic heterocycles. The predicted molar refractivity (Wildman–Crippen MR) is 57.1 cm³/mol. The Bertz CT molecular complexity index is 514. The summed E-state index contributed by atoms with van der Waals surface area (Å²) in [6, 6.07) is -0.645. The minimum Gasteiger partial charge on any atom is -0.344 e. The van der Waals surface area contributed by atoms with Crippen LogP contribution in [-0.2, 0) is 12.1 Å². The largest absolute Gasteiger partial charge is 0.417 e. The van der Waals surface area contributed by atoms with Crippen LogP contribution in [0.4, 0.5) is 27.8 Å². The lowest BCUT2D eigenvalue weighted by molar-refractivity contribution is -0.138. The van der Waals surface area contributed by atoms with E-state index < -0.39 is 29.3 Å². The van der Waals surface area contributed by atoms with Crippen molar-refractivity contribution in [3.8, 4) is 0 Å². The first kappa shape index (κ1) is 12.6. The molecule has 1 fully saturated rings. The van der Waals surface area contributed by atoms with Crippen LogP contribution in [0.1, 0.15) is 11.1 Å². The molecule has 1 atom stereocenters. The van der Waals surface area contributed by atoms with Crippen molar-refractivity contribution in [2.75, 3.05) is 24.5 Å². The summed E-state index contributed by atoms with van der Waals surface area (Å²) >= 11 is 0. The van der Waals surface area contributed by atoms with Crippen LogP contribution >= 0.6 is 0 Å². The highest BCUT2D eigenvalue weighted by Crippen LogP contribution is 2.48. The smallest absolute Gasteiger partial charge is 0.344 e. The highest BCUT2D eigenvalue weighted by atomic mass is 19.4. The van der Waals surface area contributed by atoms with Gasteiger partial charge in [0.15, 0.2) is 0 Å². The minimum absolute atomic E-state index is 0.0325. The zero-order valence-electron chi connectivity index (χ0n) is 9.64. The van der Waals surface area contributed by atoms with Gasteiger partial charge in [0.1, 0.15) is 11.9 Å². The maximum absolute atomic E-state index is 14.2. The van der Waals surface area contributed by atoms with Gasteiger partial charge in [-0.05, 0) is 6.07 Å². The Morgan fingerprint density at radius 3 is 2.79 bits per heavy atom. The molecule has 0 bridgehead atoms. The Morgan fingerprint density at radius 2 is 2.11 bits per heavy atom. The van der Waals surface area contributed by atoms with Gasteiger partial charge < -0.3 is 10.2 Å². The lowest BCUT2D eigenvalue weighted by Gasteiger charge is -2.33. The van der Waals surface area contributed by atoms with Gasteiger partial charge in [-0.15, -0.1) is 0 Å². The first-order chi connectivity index (χ1) is 8.82. The number of nitrogens with zero attached hydrogens (tertiary/aromatic N) is 2. The van der Waals surface area contributed by atoms with Gasteiger partial charge in [-0.1, -0.05) is 0 Å². The number of hydrogen-bond donors (Lipinski definition) is 1. The molecule has 1 saturated heterocycles. The van der Waals surface area contributed by atoms with Crippen LogP contribution in [0.5, 0.6) is 0 Å². The van der Waals surface area contributed by atoms with E-state index in [2.05, 4.69) is 10.3 Å². The van der Waals surface area contributed by atoms with Crippen LogP contribution in [0.15, 0.2) is 12.3 Å². The van der Waals surface area contributed by atoms with Crippen molar-refractivity contribution in [1.29, 1.82) is 0 Å². The number of alkyl halides is 5. The van der Waals surface area contributed by atoms with E-state index in [1.807, 2.05) is 0 Å². The molecule has 0 aromatic carbocycles. The van der Waals surface area contributed by atoms with Crippen molar-refractivity contribution < 1.29 is 22.0 Å². The molecule has 0 saturated carbocycles. The fourth-order valence-electron chi connectivity index (χ4n) is 2.55. The number of fused-ring (bicyclic) bond motifs is 3. The van der Waals surface area contributed by atoms with Crippen molar-refractivity contribution in [3.05, 3.63) is 23.4 Å². The van der Waals surface area contributed by atoms with Gasteiger partial charge in [-0.2, -0.15) is 22.0 Å². The maximum atomic E-state index is 14.2. The molecular weight excluding hydrogens is 269 g/mol. The summed E-state index contributed by atoms with van der Waals surface area (Å²) in [5.74, 6) is -3.36. The maximum Gasteiger partial charge on any atom is 0.417 e. The number of piperazine rings is 1. The third-order valence-corrected chi connectivity index (χ3v) is 3.49. The van der Waals surface area contributed by atoms with E-state index in [-0.39, 0.29) is 12.4 Å². The van der Waals surface area contributed by atoms with Gasteiger partial charge in [0.05, 0.1) is 11.1 Å². The van der Waals surface area contributed by atoms with Crippen LogP contribution < -0.4 is 10.2 Å². The summed E-state index contributed by atoms with van der Waals surface area (Å²) in [6.45, 7) is 0.852. The number of halogens is 5. The molecule has 1 aromatic rings. The minimum atomic E-state index is -4.67. The van der Waals surface area contributed by atoms with E-state index in [0.29, 0.717) is 25.4 Å². The Labute approximate surface area is 105 Å². The van der Waals surface area contributed by atoms with Crippen molar-refractivity contribution in [2.45, 2.75) is 18.1 Å².